The molecule has 0 aromatic heterocycles. The van der Waals surface area contributed by atoms with E-state index in [2.05, 4.69) is 21.2 Å². The summed E-state index contributed by atoms with van der Waals surface area (Å²) in [5, 5.41) is 2.59. The minimum atomic E-state index is -0.766. The van der Waals surface area contributed by atoms with E-state index >= 15 is 0 Å². The SMILES string of the molecule is CNC(=O)C(C)(C)N1CCCC(Br)C1=O. The maximum atomic E-state index is 11.9. The summed E-state index contributed by atoms with van der Waals surface area (Å²) in [6, 6.07) is 0. The van der Waals surface area contributed by atoms with Crippen LogP contribution in [0.3, 0.4) is 0 Å². The van der Waals surface area contributed by atoms with Gasteiger partial charge in [-0.1, -0.05) is 15.9 Å². The average Bonchev–Trinajstić information content (AvgIpc) is 2.20. The highest BCUT2D eigenvalue weighted by Crippen LogP contribution is 2.25. The fourth-order valence-corrected chi connectivity index (χ4v) is 2.39. The van der Waals surface area contributed by atoms with Gasteiger partial charge in [0.05, 0.1) is 4.83 Å². The molecule has 1 heterocycles. The molecule has 1 rings (SSSR count). The summed E-state index contributed by atoms with van der Waals surface area (Å²) in [5.74, 6) is -0.118. The van der Waals surface area contributed by atoms with Crippen LogP contribution < -0.4 is 5.32 Å². The van der Waals surface area contributed by atoms with Crippen molar-refractivity contribution in [3.8, 4) is 0 Å². The van der Waals surface area contributed by atoms with Gasteiger partial charge in [-0.05, 0) is 26.7 Å². The number of hydrogen-bond acceptors (Lipinski definition) is 2. The Morgan fingerprint density at radius 2 is 2.20 bits per heavy atom. The van der Waals surface area contributed by atoms with Gasteiger partial charge in [0, 0.05) is 13.6 Å². The molecular weight excluding hydrogens is 260 g/mol. The van der Waals surface area contributed by atoms with E-state index in [9.17, 15) is 9.59 Å². The van der Waals surface area contributed by atoms with Crippen LogP contribution in [-0.2, 0) is 9.59 Å². The summed E-state index contributed by atoms with van der Waals surface area (Å²) in [5.41, 5.74) is -0.766. The van der Waals surface area contributed by atoms with Crippen LogP contribution in [0, 0.1) is 0 Å². The Hall–Kier alpha value is -0.580. The van der Waals surface area contributed by atoms with Crippen molar-refractivity contribution < 1.29 is 9.59 Å². The van der Waals surface area contributed by atoms with Crippen molar-refractivity contribution in [2.75, 3.05) is 13.6 Å². The zero-order valence-electron chi connectivity index (χ0n) is 9.34. The molecule has 0 aliphatic carbocycles. The van der Waals surface area contributed by atoms with Gasteiger partial charge in [0.25, 0.3) is 0 Å². The highest BCUT2D eigenvalue weighted by molar-refractivity contribution is 9.10. The second-order valence-electron chi connectivity index (χ2n) is 4.24. The lowest BCUT2D eigenvalue weighted by atomic mass is 9.97. The Bertz CT molecular complexity index is 279. The molecule has 5 heteroatoms. The van der Waals surface area contributed by atoms with Crippen molar-refractivity contribution in [2.45, 2.75) is 37.1 Å². The van der Waals surface area contributed by atoms with Gasteiger partial charge in [0.2, 0.25) is 11.8 Å². The van der Waals surface area contributed by atoms with Crippen LogP contribution in [0.5, 0.6) is 0 Å². The molecule has 1 N–H and O–H groups in total. The summed E-state index contributed by atoms with van der Waals surface area (Å²) in [7, 11) is 1.59. The second-order valence-corrected chi connectivity index (χ2v) is 5.34. The molecule has 15 heavy (non-hydrogen) atoms. The third kappa shape index (κ3) is 2.33. The summed E-state index contributed by atoms with van der Waals surface area (Å²) in [6.45, 7) is 4.20. The summed E-state index contributed by atoms with van der Waals surface area (Å²) < 4.78 is 0. The number of carbonyl (C=O) groups is 2. The summed E-state index contributed by atoms with van der Waals surface area (Å²) in [6.07, 6.45) is 1.78. The Morgan fingerprint density at radius 3 is 2.73 bits per heavy atom. The lowest BCUT2D eigenvalue weighted by molar-refractivity contribution is -0.147. The van der Waals surface area contributed by atoms with E-state index in [0.29, 0.717) is 6.54 Å². The van der Waals surface area contributed by atoms with E-state index in [-0.39, 0.29) is 16.6 Å². The van der Waals surface area contributed by atoms with E-state index in [1.165, 1.54) is 0 Å². The summed E-state index contributed by atoms with van der Waals surface area (Å²) in [4.78, 5) is 25.1. The van der Waals surface area contributed by atoms with Crippen molar-refractivity contribution >= 4 is 27.7 Å². The molecule has 1 unspecified atom stereocenters. The van der Waals surface area contributed by atoms with Crippen molar-refractivity contribution in [1.82, 2.24) is 10.2 Å². The fraction of sp³-hybridized carbons (Fsp3) is 0.800. The number of carbonyl (C=O) groups excluding carboxylic acids is 2. The molecule has 0 radical (unpaired) electrons. The van der Waals surface area contributed by atoms with Crippen molar-refractivity contribution in [1.29, 1.82) is 0 Å². The van der Waals surface area contributed by atoms with E-state index in [1.54, 1.807) is 25.8 Å². The lowest BCUT2D eigenvalue weighted by Gasteiger charge is -2.40. The fourth-order valence-electron chi connectivity index (χ4n) is 1.81. The van der Waals surface area contributed by atoms with Crippen molar-refractivity contribution in [2.24, 2.45) is 0 Å². The number of alkyl halides is 1. The highest BCUT2D eigenvalue weighted by atomic mass is 79.9. The number of nitrogens with zero attached hydrogens (tertiary/aromatic N) is 1. The maximum Gasteiger partial charge on any atom is 0.245 e. The number of likely N-dealkylation sites (tertiary alicyclic amines) is 1. The molecule has 1 fully saturated rings. The van der Waals surface area contributed by atoms with E-state index < -0.39 is 5.54 Å². The third-order valence-corrected chi connectivity index (χ3v) is 3.68. The summed E-state index contributed by atoms with van der Waals surface area (Å²) >= 11 is 3.33. The van der Waals surface area contributed by atoms with Crippen LogP contribution in [0.2, 0.25) is 0 Å². The van der Waals surface area contributed by atoms with Gasteiger partial charge >= 0.3 is 0 Å². The molecule has 0 saturated carbocycles. The zero-order chi connectivity index (χ0) is 11.6. The molecule has 4 nitrogen and oxygen atoms in total. The number of nitrogens with one attached hydrogen (secondary N) is 1. The molecule has 1 aliphatic heterocycles. The van der Waals surface area contributed by atoms with Crippen LogP contribution in [0.4, 0.5) is 0 Å². The van der Waals surface area contributed by atoms with Crippen molar-refractivity contribution in [3.63, 3.8) is 0 Å². The number of likely N-dealkylation sites (N-methyl/N-ethyl adjacent to an activating group) is 1. The maximum absolute atomic E-state index is 11.9. The van der Waals surface area contributed by atoms with Gasteiger partial charge in [-0.3, -0.25) is 9.59 Å². The molecule has 0 aromatic rings. The van der Waals surface area contributed by atoms with Gasteiger partial charge in [-0.25, -0.2) is 0 Å². The number of rotatable bonds is 2. The zero-order valence-corrected chi connectivity index (χ0v) is 10.9. The molecule has 1 aliphatic rings. The minimum Gasteiger partial charge on any atom is -0.357 e. The quantitative estimate of drug-likeness (QED) is 0.762. The smallest absolute Gasteiger partial charge is 0.245 e. The Balaban J connectivity index is 2.86. The lowest BCUT2D eigenvalue weighted by Crippen LogP contribution is -2.59. The second kappa shape index (κ2) is 4.51. The van der Waals surface area contributed by atoms with Crippen LogP contribution in [-0.4, -0.2) is 40.7 Å². The van der Waals surface area contributed by atoms with Gasteiger partial charge < -0.3 is 10.2 Å². The van der Waals surface area contributed by atoms with Crippen molar-refractivity contribution in [3.05, 3.63) is 0 Å². The predicted molar refractivity (Wildman–Crippen MR) is 61.8 cm³/mol. The number of amides is 2. The van der Waals surface area contributed by atoms with Crippen LogP contribution in [0.25, 0.3) is 0 Å². The predicted octanol–water partition coefficient (Wildman–Crippen LogP) is 0.897. The Morgan fingerprint density at radius 1 is 1.60 bits per heavy atom. The van der Waals surface area contributed by atoms with E-state index in [0.717, 1.165) is 12.8 Å². The van der Waals surface area contributed by atoms with E-state index in [1.807, 2.05) is 0 Å². The standard InChI is InChI=1S/C10H17BrN2O2/c1-10(2,9(15)12-3)13-6-4-5-7(11)8(13)14/h7H,4-6H2,1-3H3,(H,12,15). The van der Waals surface area contributed by atoms with Gasteiger partial charge in [-0.15, -0.1) is 0 Å². The molecule has 1 atom stereocenters. The molecule has 0 aromatic carbocycles. The Labute approximate surface area is 98.5 Å². The largest absolute Gasteiger partial charge is 0.357 e. The number of piperidine rings is 1. The van der Waals surface area contributed by atoms with Gasteiger partial charge in [0.1, 0.15) is 5.54 Å². The first-order valence-corrected chi connectivity index (χ1v) is 6.00. The first kappa shape index (κ1) is 12.5. The highest BCUT2D eigenvalue weighted by Gasteiger charge is 2.40. The van der Waals surface area contributed by atoms with Crippen LogP contribution in [0.15, 0.2) is 0 Å². The number of hydrogen-bond donors (Lipinski definition) is 1. The average molecular weight is 277 g/mol. The minimum absolute atomic E-state index is 0.00912. The normalized spacial score (nSPS) is 22.8. The van der Waals surface area contributed by atoms with Crippen LogP contribution >= 0.6 is 15.9 Å². The molecular formula is C10H17BrN2O2. The first-order valence-electron chi connectivity index (χ1n) is 5.09. The Kier molecular flexibility index (Phi) is 3.76. The third-order valence-electron chi connectivity index (χ3n) is 2.83. The topological polar surface area (TPSA) is 49.4 Å². The first-order chi connectivity index (χ1) is 6.91. The van der Waals surface area contributed by atoms with E-state index in [4.69, 9.17) is 0 Å². The molecule has 0 spiro atoms. The molecule has 2 amide bonds. The molecule has 1 saturated heterocycles. The van der Waals surface area contributed by atoms with Gasteiger partial charge in [-0.2, -0.15) is 0 Å². The monoisotopic (exact) mass is 276 g/mol. The van der Waals surface area contributed by atoms with Crippen LogP contribution in [0.1, 0.15) is 26.7 Å². The molecule has 86 valence electrons. The van der Waals surface area contributed by atoms with Gasteiger partial charge in [0.15, 0.2) is 0 Å². The molecule has 0 bridgehead atoms. The number of halogens is 1.